The van der Waals surface area contributed by atoms with E-state index in [1.807, 2.05) is 12.1 Å². The molecule has 0 spiro atoms. The molecule has 16 heavy (non-hydrogen) atoms. The van der Waals surface area contributed by atoms with Crippen LogP contribution in [0, 0.1) is 5.92 Å². The van der Waals surface area contributed by atoms with Crippen molar-refractivity contribution in [3.8, 4) is 0 Å². The zero-order valence-electron chi connectivity index (χ0n) is 9.68. The molecule has 0 saturated carbocycles. The smallest absolute Gasteiger partial charge is 0.0648 e. The van der Waals surface area contributed by atoms with Crippen molar-refractivity contribution < 1.29 is 0 Å². The van der Waals surface area contributed by atoms with Crippen molar-refractivity contribution in [3.63, 3.8) is 0 Å². The monoisotopic (exact) mass is 233 g/mol. The first-order valence-corrected chi connectivity index (χ1v) is 6.33. The van der Waals surface area contributed by atoms with Crippen LogP contribution in [0.25, 0.3) is 10.9 Å². The van der Waals surface area contributed by atoms with Crippen LogP contribution in [0.15, 0.2) is 18.2 Å². The maximum atomic E-state index is 6.23. The number of fused-ring (bicyclic) bond motifs is 3. The molecule has 0 bridgehead atoms. The van der Waals surface area contributed by atoms with Crippen LogP contribution >= 0.6 is 11.6 Å². The lowest BCUT2D eigenvalue weighted by molar-refractivity contribution is 0.447. The minimum Gasteiger partial charge on any atom is -0.357 e. The fraction of sp³-hybridized carbons (Fsp3) is 0.429. The third-order valence-electron chi connectivity index (χ3n) is 3.72. The van der Waals surface area contributed by atoms with Crippen molar-refractivity contribution in [2.75, 3.05) is 0 Å². The number of rotatable bonds is 0. The molecule has 84 valence electrons. The lowest BCUT2D eigenvalue weighted by Crippen LogP contribution is -2.13. The standard InChI is InChI=1S/C14H16ClN/c1-8-6-9(2)13-11(7-8)10-4-3-5-12(15)14(10)16-13/h3-5,8-9,16H,6-7H2,1-2H3. The Labute approximate surface area is 101 Å². The third-order valence-corrected chi connectivity index (χ3v) is 4.04. The lowest BCUT2D eigenvalue weighted by atomic mass is 9.81. The van der Waals surface area contributed by atoms with Crippen molar-refractivity contribution in [1.29, 1.82) is 0 Å². The summed E-state index contributed by atoms with van der Waals surface area (Å²) in [5, 5.41) is 2.16. The first-order valence-electron chi connectivity index (χ1n) is 5.95. The highest BCUT2D eigenvalue weighted by Crippen LogP contribution is 2.39. The fourth-order valence-electron chi connectivity index (χ4n) is 3.05. The maximum absolute atomic E-state index is 6.23. The van der Waals surface area contributed by atoms with Gasteiger partial charge in [0.25, 0.3) is 0 Å². The second-order valence-electron chi connectivity index (χ2n) is 5.13. The summed E-state index contributed by atoms with van der Waals surface area (Å²) in [6.07, 6.45) is 2.46. The van der Waals surface area contributed by atoms with E-state index >= 15 is 0 Å². The van der Waals surface area contributed by atoms with Gasteiger partial charge in [0.05, 0.1) is 10.5 Å². The van der Waals surface area contributed by atoms with E-state index in [1.165, 1.54) is 29.5 Å². The topological polar surface area (TPSA) is 15.8 Å². The Balaban J connectivity index is 2.30. The number of aromatic amines is 1. The van der Waals surface area contributed by atoms with Gasteiger partial charge in [-0.1, -0.05) is 37.6 Å². The number of aromatic nitrogens is 1. The van der Waals surface area contributed by atoms with Gasteiger partial charge in [-0.2, -0.15) is 0 Å². The summed E-state index contributed by atoms with van der Waals surface area (Å²) >= 11 is 6.23. The minimum absolute atomic E-state index is 0.627. The van der Waals surface area contributed by atoms with Gasteiger partial charge in [-0.3, -0.25) is 0 Å². The Kier molecular flexibility index (Phi) is 2.25. The fourth-order valence-corrected chi connectivity index (χ4v) is 3.27. The molecule has 0 radical (unpaired) electrons. The average molecular weight is 234 g/mol. The summed E-state index contributed by atoms with van der Waals surface area (Å²) in [5.74, 6) is 1.41. The molecule has 0 saturated heterocycles. The van der Waals surface area contributed by atoms with E-state index in [2.05, 4.69) is 24.9 Å². The van der Waals surface area contributed by atoms with Crippen LogP contribution in [-0.2, 0) is 6.42 Å². The van der Waals surface area contributed by atoms with Crippen molar-refractivity contribution in [2.45, 2.75) is 32.6 Å². The van der Waals surface area contributed by atoms with Gasteiger partial charge in [-0.25, -0.2) is 0 Å². The number of benzene rings is 1. The molecular formula is C14H16ClN. The molecule has 2 atom stereocenters. The predicted molar refractivity (Wildman–Crippen MR) is 69.2 cm³/mol. The molecule has 1 aliphatic carbocycles. The maximum Gasteiger partial charge on any atom is 0.0648 e. The van der Waals surface area contributed by atoms with E-state index in [9.17, 15) is 0 Å². The summed E-state index contributed by atoms with van der Waals surface area (Å²) in [7, 11) is 0. The Hall–Kier alpha value is -0.950. The number of hydrogen-bond donors (Lipinski definition) is 1. The highest BCUT2D eigenvalue weighted by Gasteiger charge is 2.25. The van der Waals surface area contributed by atoms with E-state index in [-0.39, 0.29) is 0 Å². The number of H-pyrrole nitrogens is 1. The van der Waals surface area contributed by atoms with E-state index in [4.69, 9.17) is 11.6 Å². The first-order chi connectivity index (χ1) is 7.66. The molecule has 1 aliphatic rings. The molecule has 1 aromatic heterocycles. The van der Waals surface area contributed by atoms with Crippen molar-refractivity contribution in [1.82, 2.24) is 4.98 Å². The Bertz CT molecular complexity index is 541. The predicted octanol–water partition coefficient (Wildman–Crippen LogP) is 4.51. The van der Waals surface area contributed by atoms with E-state index < -0.39 is 0 Å². The lowest BCUT2D eigenvalue weighted by Gasteiger charge is -2.24. The summed E-state index contributed by atoms with van der Waals surface area (Å²) in [4.78, 5) is 3.52. The van der Waals surface area contributed by atoms with Crippen molar-refractivity contribution in [2.24, 2.45) is 5.92 Å². The van der Waals surface area contributed by atoms with Crippen LogP contribution in [-0.4, -0.2) is 4.98 Å². The van der Waals surface area contributed by atoms with Gasteiger partial charge in [0.15, 0.2) is 0 Å². The van der Waals surface area contributed by atoms with Gasteiger partial charge in [0.2, 0.25) is 0 Å². The zero-order valence-corrected chi connectivity index (χ0v) is 10.4. The van der Waals surface area contributed by atoms with Crippen LogP contribution in [0.2, 0.25) is 5.02 Å². The summed E-state index contributed by atoms with van der Waals surface area (Å²) in [6.45, 7) is 4.64. The molecule has 0 amide bonds. The van der Waals surface area contributed by atoms with Crippen LogP contribution in [0.4, 0.5) is 0 Å². The Morgan fingerprint density at radius 3 is 2.94 bits per heavy atom. The Morgan fingerprint density at radius 2 is 2.12 bits per heavy atom. The summed E-state index contributed by atoms with van der Waals surface area (Å²) in [6, 6.07) is 6.18. The van der Waals surface area contributed by atoms with Crippen LogP contribution in [0.3, 0.4) is 0 Å². The van der Waals surface area contributed by atoms with Gasteiger partial charge in [0.1, 0.15) is 0 Å². The van der Waals surface area contributed by atoms with Crippen molar-refractivity contribution in [3.05, 3.63) is 34.5 Å². The zero-order chi connectivity index (χ0) is 11.3. The average Bonchev–Trinajstić information content (AvgIpc) is 2.59. The van der Waals surface area contributed by atoms with Crippen LogP contribution < -0.4 is 0 Å². The van der Waals surface area contributed by atoms with Gasteiger partial charge >= 0.3 is 0 Å². The summed E-state index contributed by atoms with van der Waals surface area (Å²) < 4.78 is 0. The third kappa shape index (κ3) is 1.38. The Morgan fingerprint density at radius 1 is 1.31 bits per heavy atom. The number of hydrogen-bond acceptors (Lipinski definition) is 0. The molecule has 1 heterocycles. The number of halogens is 1. The number of para-hydroxylation sites is 1. The van der Waals surface area contributed by atoms with Gasteiger partial charge < -0.3 is 4.98 Å². The van der Waals surface area contributed by atoms with Gasteiger partial charge in [-0.05, 0) is 36.3 Å². The minimum atomic E-state index is 0.627. The first kappa shape index (κ1) is 10.2. The van der Waals surface area contributed by atoms with E-state index in [0.717, 1.165) is 16.5 Å². The quantitative estimate of drug-likeness (QED) is 0.689. The van der Waals surface area contributed by atoms with Crippen molar-refractivity contribution >= 4 is 22.5 Å². The highest BCUT2D eigenvalue weighted by atomic mass is 35.5. The molecule has 0 aliphatic heterocycles. The van der Waals surface area contributed by atoms with Gasteiger partial charge in [0, 0.05) is 11.1 Å². The molecule has 1 N–H and O–H groups in total. The largest absolute Gasteiger partial charge is 0.357 e. The van der Waals surface area contributed by atoms with Crippen LogP contribution in [0.5, 0.6) is 0 Å². The van der Waals surface area contributed by atoms with Gasteiger partial charge in [-0.15, -0.1) is 0 Å². The second kappa shape index (κ2) is 3.53. The molecule has 2 unspecified atom stereocenters. The summed E-state index contributed by atoms with van der Waals surface area (Å²) in [5.41, 5.74) is 4.01. The molecule has 2 heteroatoms. The SMILES string of the molecule is CC1Cc2c([nH]c3c(Cl)cccc23)C(C)C1. The molecular weight excluding hydrogens is 218 g/mol. The van der Waals surface area contributed by atoms with E-state index in [1.54, 1.807) is 0 Å². The molecule has 1 aromatic carbocycles. The van der Waals surface area contributed by atoms with E-state index in [0.29, 0.717) is 5.92 Å². The second-order valence-corrected chi connectivity index (χ2v) is 5.53. The molecule has 3 rings (SSSR count). The molecule has 0 fully saturated rings. The molecule has 2 aromatic rings. The molecule has 1 nitrogen and oxygen atoms in total. The normalized spacial score (nSPS) is 24.7. The number of nitrogens with one attached hydrogen (secondary N) is 1. The van der Waals surface area contributed by atoms with Crippen LogP contribution in [0.1, 0.15) is 37.4 Å². The highest BCUT2D eigenvalue weighted by molar-refractivity contribution is 6.35.